The van der Waals surface area contributed by atoms with Crippen LogP contribution in [-0.4, -0.2) is 29.9 Å². The molecule has 0 unspecified atom stereocenters. The lowest BCUT2D eigenvalue weighted by Crippen LogP contribution is -2.30. The third-order valence-electron chi connectivity index (χ3n) is 4.46. The van der Waals surface area contributed by atoms with Crippen molar-refractivity contribution in [2.24, 2.45) is 5.10 Å². The van der Waals surface area contributed by atoms with Gasteiger partial charge in [-0.2, -0.15) is 5.10 Å². The van der Waals surface area contributed by atoms with E-state index in [1.54, 1.807) is 24.4 Å². The zero-order valence-electron chi connectivity index (χ0n) is 17.9. The molecule has 1 amide bonds. The lowest BCUT2D eigenvalue weighted by atomic mass is 10.2. The van der Waals surface area contributed by atoms with Crippen molar-refractivity contribution in [2.45, 2.75) is 20.4 Å². The van der Waals surface area contributed by atoms with Crippen molar-refractivity contribution in [3.05, 3.63) is 92.9 Å². The highest BCUT2D eigenvalue weighted by Crippen LogP contribution is 2.36. The number of aromatic nitrogens is 1. The first-order valence-electron chi connectivity index (χ1n) is 10.2. The Morgan fingerprint density at radius 2 is 1.84 bits per heavy atom. The maximum Gasteiger partial charge on any atom is 0.276 e. The monoisotopic (exact) mass is 453 g/mol. The molecule has 0 aliphatic rings. The van der Waals surface area contributed by atoms with Crippen LogP contribution in [0, 0.1) is 0 Å². The quantitative estimate of drug-likeness (QED) is 0.390. The highest BCUT2D eigenvalue weighted by Gasteiger charge is 2.13. The van der Waals surface area contributed by atoms with Gasteiger partial charge < -0.3 is 14.0 Å². The van der Waals surface area contributed by atoms with Crippen LogP contribution in [0.15, 0.2) is 70.7 Å². The molecule has 1 heterocycles. The molecule has 8 heteroatoms. The standard InChI is InChI=1S/C24H24ClN3O4/c1-3-31-21-14-18(13-20(25)22(21)32-4-2)15-26-27-23(29)19-11-8-12-28(24(19)30)16-17-9-6-5-7-10-17/h5-15H,3-4,16H2,1-2H3,(H,27,29)/b26-15-. The highest BCUT2D eigenvalue weighted by atomic mass is 35.5. The molecule has 2 aromatic carbocycles. The summed E-state index contributed by atoms with van der Waals surface area (Å²) < 4.78 is 12.6. The number of pyridine rings is 1. The van der Waals surface area contributed by atoms with E-state index in [2.05, 4.69) is 10.5 Å². The summed E-state index contributed by atoms with van der Waals surface area (Å²) in [6.45, 7) is 4.97. The second-order valence-corrected chi connectivity index (χ2v) is 7.14. The molecule has 3 rings (SSSR count). The van der Waals surface area contributed by atoms with Crippen LogP contribution in [-0.2, 0) is 6.54 Å². The zero-order valence-corrected chi connectivity index (χ0v) is 18.6. The number of carbonyl (C=O) groups is 1. The first-order valence-corrected chi connectivity index (χ1v) is 10.6. The molecule has 0 spiro atoms. The van der Waals surface area contributed by atoms with Crippen LogP contribution in [0.5, 0.6) is 11.5 Å². The minimum Gasteiger partial charge on any atom is -0.490 e. The summed E-state index contributed by atoms with van der Waals surface area (Å²) >= 11 is 6.29. The van der Waals surface area contributed by atoms with Crippen LogP contribution >= 0.6 is 11.6 Å². The van der Waals surface area contributed by atoms with Gasteiger partial charge in [0.2, 0.25) is 0 Å². The minimum atomic E-state index is -0.601. The van der Waals surface area contributed by atoms with Crippen LogP contribution < -0.4 is 20.5 Å². The fraction of sp³-hybridized carbons (Fsp3) is 0.208. The van der Waals surface area contributed by atoms with Gasteiger partial charge in [0.15, 0.2) is 11.5 Å². The van der Waals surface area contributed by atoms with Gasteiger partial charge in [0, 0.05) is 6.20 Å². The Bertz CT molecular complexity index is 1160. The molecular weight excluding hydrogens is 430 g/mol. The maximum atomic E-state index is 12.7. The molecule has 0 radical (unpaired) electrons. The summed E-state index contributed by atoms with van der Waals surface area (Å²) in [7, 11) is 0. The molecule has 7 nitrogen and oxygen atoms in total. The van der Waals surface area contributed by atoms with Crippen LogP contribution in [0.2, 0.25) is 5.02 Å². The van der Waals surface area contributed by atoms with Gasteiger partial charge in [0.05, 0.1) is 31.0 Å². The zero-order chi connectivity index (χ0) is 22.9. The smallest absolute Gasteiger partial charge is 0.276 e. The Labute approximate surface area is 191 Å². The number of nitrogens with one attached hydrogen (secondary N) is 1. The lowest BCUT2D eigenvalue weighted by Gasteiger charge is -2.13. The Balaban J connectivity index is 1.74. The van der Waals surface area contributed by atoms with Crippen molar-refractivity contribution in [1.29, 1.82) is 0 Å². The van der Waals surface area contributed by atoms with Gasteiger partial charge in [-0.3, -0.25) is 9.59 Å². The predicted molar refractivity (Wildman–Crippen MR) is 125 cm³/mol. The van der Waals surface area contributed by atoms with Crippen LogP contribution in [0.25, 0.3) is 0 Å². The lowest BCUT2D eigenvalue weighted by molar-refractivity contribution is 0.0953. The molecule has 0 aliphatic heterocycles. The normalized spacial score (nSPS) is 10.8. The summed E-state index contributed by atoms with van der Waals surface area (Å²) in [4.78, 5) is 25.2. The fourth-order valence-electron chi connectivity index (χ4n) is 3.05. The van der Waals surface area contributed by atoms with Crippen molar-refractivity contribution in [3.63, 3.8) is 0 Å². The fourth-order valence-corrected chi connectivity index (χ4v) is 3.32. The van der Waals surface area contributed by atoms with Crippen LogP contribution in [0.3, 0.4) is 0 Å². The molecule has 0 atom stereocenters. The number of benzene rings is 2. The van der Waals surface area contributed by atoms with E-state index in [4.69, 9.17) is 21.1 Å². The van der Waals surface area contributed by atoms with E-state index in [0.717, 1.165) is 5.56 Å². The largest absolute Gasteiger partial charge is 0.490 e. The molecule has 32 heavy (non-hydrogen) atoms. The van der Waals surface area contributed by atoms with Gasteiger partial charge in [-0.05, 0) is 49.2 Å². The first-order chi connectivity index (χ1) is 15.5. The third-order valence-corrected chi connectivity index (χ3v) is 4.74. The minimum absolute atomic E-state index is 0.000289. The average molecular weight is 454 g/mol. The number of amides is 1. The molecule has 166 valence electrons. The van der Waals surface area contributed by atoms with Crippen molar-refractivity contribution in [3.8, 4) is 11.5 Å². The predicted octanol–water partition coefficient (Wildman–Crippen LogP) is 4.11. The van der Waals surface area contributed by atoms with E-state index < -0.39 is 11.5 Å². The molecule has 1 aromatic heterocycles. The Kier molecular flexibility index (Phi) is 8.05. The second kappa shape index (κ2) is 11.2. The number of hydrogen-bond acceptors (Lipinski definition) is 5. The third kappa shape index (κ3) is 5.76. The van der Waals surface area contributed by atoms with Gasteiger partial charge in [-0.25, -0.2) is 5.43 Å². The Hall–Kier alpha value is -3.58. The molecule has 0 saturated heterocycles. The number of nitrogens with zero attached hydrogens (tertiary/aromatic N) is 2. The van der Waals surface area contributed by atoms with E-state index in [0.29, 0.717) is 41.8 Å². The SMILES string of the molecule is CCOc1cc(/C=N\NC(=O)c2cccn(Cc3ccccc3)c2=O)cc(Cl)c1OCC. The summed E-state index contributed by atoms with van der Waals surface area (Å²) in [5.74, 6) is 0.345. The van der Waals surface area contributed by atoms with Crippen molar-refractivity contribution >= 4 is 23.7 Å². The summed E-state index contributed by atoms with van der Waals surface area (Å²) in [5, 5.41) is 4.34. The number of ether oxygens (including phenoxy) is 2. The summed E-state index contributed by atoms with van der Waals surface area (Å²) in [6, 6.07) is 16.0. The summed E-state index contributed by atoms with van der Waals surface area (Å²) in [6.07, 6.45) is 3.07. The number of rotatable bonds is 9. The van der Waals surface area contributed by atoms with E-state index in [-0.39, 0.29) is 5.56 Å². The number of hydrazone groups is 1. The van der Waals surface area contributed by atoms with Crippen molar-refractivity contribution < 1.29 is 14.3 Å². The molecule has 0 aliphatic carbocycles. The molecular formula is C24H24ClN3O4. The van der Waals surface area contributed by atoms with Crippen LogP contribution in [0.1, 0.15) is 35.3 Å². The highest BCUT2D eigenvalue weighted by molar-refractivity contribution is 6.32. The maximum absolute atomic E-state index is 12.7. The number of hydrogen-bond donors (Lipinski definition) is 1. The van der Waals surface area contributed by atoms with E-state index in [1.807, 2.05) is 44.2 Å². The second-order valence-electron chi connectivity index (χ2n) is 6.74. The Morgan fingerprint density at radius 1 is 1.09 bits per heavy atom. The van der Waals surface area contributed by atoms with Crippen LogP contribution in [0.4, 0.5) is 0 Å². The average Bonchev–Trinajstić information content (AvgIpc) is 2.78. The molecule has 1 N–H and O–H groups in total. The summed E-state index contributed by atoms with van der Waals surface area (Å²) in [5.41, 5.74) is 3.56. The molecule has 3 aromatic rings. The van der Waals surface area contributed by atoms with Gasteiger partial charge in [0.25, 0.3) is 11.5 Å². The number of carbonyl (C=O) groups excluding carboxylic acids is 1. The van der Waals surface area contributed by atoms with E-state index in [9.17, 15) is 9.59 Å². The number of halogens is 1. The van der Waals surface area contributed by atoms with Crippen molar-refractivity contribution in [1.82, 2.24) is 9.99 Å². The molecule has 0 bridgehead atoms. The van der Waals surface area contributed by atoms with E-state index in [1.165, 1.54) is 16.8 Å². The van der Waals surface area contributed by atoms with E-state index >= 15 is 0 Å². The first kappa shape index (κ1) is 23.1. The van der Waals surface area contributed by atoms with Crippen molar-refractivity contribution in [2.75, 3.05) is 13.2 Å². The molecule has 0 fully saturated rings. The van der Waals surface area contributed by atoms with Gasteiger partial charge in [-0.15, -0.1) is 0 Å². The molecule has 0 saturated carbocycles. The topological polar surface area (TPSA) is 81.9 Å². The Morgan fingerprint density at radius 3 is 2.56 bits per heavy atom. The van der Waals surface area contributed by atoms with Gasteiger partial charge in [-0.1, -0.05) is 41.9 Å². The van der Waals surface area contributed by atoms with Gasteiger partial charge >= 0.3 is 0 Å². The van der Waals surface area contributed by atoms with Gasteiger partial charge in [0.1, 0.15) is 5.56 Å².